The van der Waals surface area contributed by atoms with Gasteiger partial charge in [-0.1, -0.05) is 13.8 Å². The maximum absolute atomic E-state index is 5.18. The van der Waals surface area contributed by atoms with E-state index in [9.17, 15) is 0 Å². The highest BCUT2D eigenvalue weighted by atomic mass is 16.5. The number of ether oxygens (including phenoxy) is 1. The van der Waals surface area contributed by atoms with Crippen LogP contribution in [0.25, 0.3) is 0 Å². The van der Waals surface area contributed by atoms with Gasteiger partial charge >= 0.3 is 0 Å². The third-order valence-corrected chi connectivity index (χ3v) is 3.31. The van der Waals surface area contributed by atoms with Gasteiger partial charge in [0.1, 0.15) is 0 Å². The van der Waals surface area contributed by atoms with Crippen molar-refractivity contribution in [1.82, 2.24) is 10.2 Å². The van der Waals surface area contributed by atoms with Gasteiger partial charge in [-0.3, -0.25) is 0 Å². The lowest BCUT2D eigenvalue weighted by molar-refractivity contribution is 0.115. The molecule has 0 radical (unpaired) electrons. The molecular formula is C13H28N2O. The van der Waals surface area contributed by atoms with Crippen LogP contribution in [0.3, 0.4) is 0 Å². The first-order valence-corrected chi connectivity index (χ1v) is 6.48. The first kappa shape index (κ1) is 13.9. The smallest absolute Gasteiger partial charge is 0.0467 e. The fourth-order valence-electron chi connectivity index (χ4n) is 2.40. The molecule has 96 valence electrons. The summed E-state index contributed by atoms with van der Waals surface area (Å²) in [5, 5.41) is 3.54. The number of methoxy groups -OCH3 is 1. The van der Waals surface area contributed by atoms with Gasteiger partial charge in [0.2, 0.25) is 0 Å². The van der Waals surface area contributed by atoms with Crippen LogP contribution in [-0.2, 0) is 4.74 Å². The van der Waals surface area contributed by atoms with E-state index in [0.29, 0.717) is 11.5 Å². The van der Waals surface area contributed by atoms with Gasteiger partial charge in [-0.2, -0.15) is 0 Å². The average Bonchev–Trinajstić information content (AvgIpc) is 2.39. The summed E-state index contributed by atoms with van der Waals surface area (Å²) in [6, 6.07) is 0.626. The molecule has 1 fully saturated rings. The van der Waals surface area contributed by atoms with Crippen molar-refractivity contribution in [2.75, 3.05) is 39.9 Å². The molecule has 0 bridgehead atoms. The zero-order chi connectivity index (χ0) is 12.0. The van der Waals surface area contributed by atoms with Crippen molar-refractivity contribution in [2.45, 2.75) is 39.7 Å². The monoisotopic (exact) mass is 228 g/mol. The molecule has 1 aliphatic rings. The molecular weight excluding hydrogens is 200 g/mol. The van der Waals surface area contributed by atoms with E-state index in [1.807, 2.05) is 0 Å². The van der Waals surface area contributed by atoms with Crippen molar-refractivity contribution < 1.29 is 4.74 Å². The summed E-state index contributed by atoms with van der Waals surface area (Å²) in [6.45, 7) is 12.6. The maximum atomic E-state index is 5.18. The Morgan fingerprint density at radius 2 is 2.19 bits per heavy atom. The Bertz CT molecular complexity index is 194. The lowest BCUT2D eigenvalue weighted by Gasteiger charge is -2.32. The van der Waals surface area contributed by atoms with Crippen molar-refractivity contribution in [3.05, 3.63) is 0 Å². The third kappa shape index (κ3) is 5.28. The molecule has 3 nitrogen and oxygen atoms in total. The molecule has 0 amide bonds. The Hall–Kier alpha value is -0.120. The third-order valence-electron chi connectivity index (χ3n) is 3.31. The minimum absolute atomic E-state index is 0.361. The van der Waals surface area contributed by atoms with Crippen LogP contribution in [-0.4, -0.2) is 50.8 Å². The summed E-state index contributed by atoms with van der Waals surface area (Å²) in [5.41, 5.74) is 0.361. The molecule has 3 heteroatoms. The normalized spacial score (nSPS) is 24.4. The van der Waals surface area contributed by atoms with Crippen molar-refractivity contribution in [3.63, 3.8) is 0 Å². The molecule has 0 aromatic carbocycles. The second-order valence-corrected chi connectivity index (χ2v) is 5.85. The lowest BCUT2D eigenvalue weighted by Crippen LogP contribution is -2.40. The van der Waals surface area contributed by atoms with E-state index in [0.717, 1.165) is 19.6 Å². The highest BCUT2D eigenvalue weighted by molar-refractivity contribution is 4.79. The van der Waals surface area contributed by atoms with Crippen LogP contribution in [0.2, 0.25) is 0 Å². The number of nitrogens with one attached hydrogen (secondary N) is 1. The van der Waals surface area contributed by atoms with Gasteiger partial charge in [0.25, 0.3) is 0 Å². The highest BCUT2D eigenvalue weighted by Gasteiger charge is 2.23. The highest BCUT2D eigenvalue weighted by Crippen LogP contribution is 2.22. The molecule has 1 rings (SSSR count). The number of hydrogen-bond acceptors (Lipinski definition) is 3. The Kier molecular flexibility index (Phi) is 5.73. The second kappa shape index (κ2) is 6.58. The first-order chi connectivity index (χ1) is 7.53. The molecule has 1 heterocycles. The van der Waals surface area contributed by atoms with E-state index in [1.165, 1.54) is 26.1 Å². The SMILES string of the molecule is COCCC(C)(C)CN1CCCNC(C)C1. The van der Waals surface area contributed by atoms with Gasteiger partial charge in [-0.15, -0.1) is 0 Å². The van der Waals surface area contributed by atoms with Crippen molar-refractivity contribution in [2.24, 2.45) is 5.41 Å². The molecule has 1 saturated heterocycles. The largest absolute Gasteiger partial charge is 0.385 e. The van der Waals surface area contributed by atoms with Crippen molar-refractivity contribution >= 4 is 0 Å². The first-order valence-electron chi connectivity index (χ1n) is 6.48. The van der Waals surface area contributed by atoms with Crippen LogP contribution < -0.4 is 5.32 Å². The number of rotatable bonds is 5. The topological polar surface area (TPSA) is 24.5 Å². The van der Waals surface area contributed by atoms with Crippen LogP contribution in [0.4, 0.5) is 0 Å². The molecule has 0 saturated carbocycles. The molecule has 1 aliphatic heterocycles. The molecule has 1 N–H and O–H groups in total. The maximum Gasteiger partial charge on any atom is 0.0467 e. The summed E-state index contributed by atoms with van der Waals surface area (Å²) in [6.07, 6.45) is 2.41. The van der Waals surface area contributed by atoms with E-state index in [1.54, 1.807) is 7.11 Å². The fraction of sp³-hybridized carbons (Fsp3) is 1.00. The van der Waals surface area contributed by atoms with E-state index in [-0.39, 0.29) is 0 Å². The molecule has 0 aromatic rings. The summed E-state index contributed by atoms with van der Waals surface area (Å²) in [4.78, 5) is 2.60. The van der Waals surface area contributed by atoms with Crippen LogP contribution in [0.5, 0.6) is 0 Å². The van der Waals surface area contributed by atoms with Crippen molar-refractivity contribution in [3.8, 4) is 0 Å². The zero-order valence-electron chi connectivity index (χ0n) is 11.4. The standard InChI is InChI=1S/C13H28N2O/c1-12-10-15(8-5-7-14-12)11-13(2,3)6-9-16-4/h12,14H,5-11H2,1-4H3. The second-order valence-electron chi connectivity index (χ2n) is 5.85. The van der Waals surface area contributed by atoms with Crippen LogP contribution in [0.15, 0.2) is 0 Å². The number of nitrogens with zero attached hydrogens (tertiary/aromatic N) is 1. The summed E-state index contributed by atoms with van der Waals surface area (Å²) >= 11 is 0. The zero-order valence-corrected chi connectivity index (χ0v) is 11.4. The summed E-state index contributed by atoms with van der Waals surface area (Å²) < 4.78 is 5.18. The lowest BCUT2D eigenvalue weighted by atomic mass is 9.89. The minimum atomic E-state index is 0.361. The summed E-state index contributed by atoms with van der Waals surface area (Å²) in [7, 11) is 1.79. The van der Waals surface area contributed by atoms with Gasteiger partial charge in [-0.05, 0) is 38.3 Å². The molecule has 1 unspecified atom stereocenters. The van der Waals surface area contributed by atoms with Crippen LogP contribution >= 0.6 is 0 Å². The van der Waals surface area contributed by atoms with Crippen molar-refractivity contribution in [1.29, 1.82) is 0 Å². The molecule has 0 aromatic heterocycles. The van der Waals surface area contributed by atoms with Gasteiger partial charge in [0.15, 0.2) is 0 Å². The minimum Gasteiger partial charge on any atom is -0.385 e. The van der Waals surface area contributed by atoms with Gasteiger partial charge < -0.3 is 15.0 Å². The van der Waals surface area contributed by atoms with Crippen LogP contribution in [0, 0.1) is 5.41 Å². The Labute approximate surface area is 101 Å². The number of hydrogen-bond donors (Lipinski definition) is 1. The van der Waals surface area contributed by atoms with Gasteiger partial charge in [-0.25, -0.2) is 0 Å². The molecule has 0 aliphatic carbocycles. The van der Waals surface area contributed by atoms with E-state index >= 15 is 0 Å². The predicted octanol–water partition coefficient (Wildman–Crippen LogP) is 1.73. The quantitative estimate of drug-likeness (QED) is 0.775. The van der Waals surface area contributed by atoms with E-state index in [4.69, 9.17) is 4.74 Å². The summed E-state index contributed by atoms with van der Waals surface area (Å²) in [5.74, 6) is 0. The average molecular weight is 228 g/mol. The van der Waals surface area contributed by atoms with Crippen LogP contribution in [0.1, 0.15) is 33.6 Å². The predicted molar refractivity (Wildman–Crippen MR) is 68.8 cm³/mol. The Morgan fingerprint density at radius 1 is 1.44 bits per heavy atom. The molecule has 1 atom stereocenters. The van der Waals surface area contributed by atoms with E-state index in [2.05, 4.69) is 31.0 Å². The Morgan fingerprint density at radius 3 is 2.88 bits per heavy atom. The molecule has 16 heavy (non-hydrogen) atoms. The van der Waals surface area contributed by atoms with Gasteiger partial charge in [0.05, 0.1) is 0 Å². The Balaban J connectivity index is 2.38. The van der Waals surface area contributed by atoms with Gasteiger partial charge in [0, 0.05) is 32.8 Å². The fourth-order valence-corrected chi connectivity index (χ4v) is 2.40. The van der Waals surface area contributed by atoms with E-state index < -0.39 is 0 Å². The molecule has 0 spiro atoms.